The largest absolute Gasteiger partial charge is 0.368 e. The van der Waals surface area contributed by atoms with Gasteiger partial charge in [-0.2, -0.15) is 0 Å². The van der Waals surface area contributed by atoms with E-state index in [1.807, 2.05) is 6.07 Å². The van der Waals surface area contributed by atoms with Crippen LogP contribution >= 0.6 is 0 Å². The van der Waals surface area contributed by atoms with Gasteiger partial charge in [-0.05, 0) is 12.3 Å². The van der Waals surface area contributed by atoms with Crippen LogP contribution in [0.5, 0.6) is 0 Å². The lowest BCUT2D eigenvalue weighted by Gasteiger charge is -2.03. The van der Waals surface area contributed by atoms with Gasteiger partial charge in [0.25, 0.3) is 0 Å². The van der Waals surface area contributed by atoms with Crippen molar-refractivity contribution in [3.8, 4) is 0 Å². The number of nitrogens with zero attached hydrogens (tertiary/aromatic N) is 1. The number of aromatic nitrogens is 1. The van der Waals surface area contributed by atoms with Gasteiger partial charge in [-0.3, -0.25) is 0 Å². The highest BCUT2D eigenvalue weighted by Crippen LogP contribution is 2.27. The van der Waals surface area contributed by atoms with Crippen molar-refractivity contribution in [1.29, 1.82) is 0 Å². The fourth-order valence-electron chi connectivity index (χ4n) is 1.93. The molecule has 0 spiro atoms. The van der Waals surface area contributed by atoms with Gasteiger partial charge in [-0.15, -0.1) is 0 Å². The van der Waals surface area contributed by atoms with E-state index in [1.54, 1.807) is 0 Å². The number of nitrogen functional groups attached to an aromatic ring is 1. The second-order valence-corrected chi connectivity index (χ2v) is 3.58. The molecule has 0 aromatic carbocycles. The molecule has 2 N–H and O–H groups in total. The van der Waals surface area contributed by atoms with Gasteiger partial charge >= 0.3 is 0 Å². The van der Waals surface area contributed by atoms with Gasteiger partial charge in [0.05, 0.1) is 5.69 Å². The minimum atomic E-state index is 0.433. The molecule has 1 aliphatic rings. The van der Waals surface area contributed by atoms with E-state index in [0.29, 0.717) is 5.88 Å². The molecule has 2 rings (SSSR count). The van der Waals surface area contributed by atoms with Crippen LogP contribution in [0, 0.1) is 5.92 Å². The van der Waals surface area contributed by atoms with Crippen LogP contribution in [0.1, 0.15) is 31.4 Å². The molecule has 3 heteroatoms. The van der Waals surface area contributed by atoms with E-state index >= 15 is 0 Å². The average Bonchev–Trinajstić information content (AvgIpc) is 2.63. The molecular weight excluding hydrogens is 152 g/mol. The molecule has 0 aliphatic heterocycles. The number of hydrogen-bond donors (Lipinski definition) is 1. The van der Waals surface area contributed by atoms with E-state index in [9.17, 15) is 0 Å². The van der Waals surface area contributed by atoms with Crippen LogP contribution in [0.2, 0.25) is 0 Å². The Labute approximate surface area is 71.9 Å². The Hall–Kier alpha value is -0.990. The van der Waals surface area contributed by atoms with Crippen molar-refractivity contribution in [3.05, 3.63) is 11.8 Å². The van der Waals surface area contributed by atoms with E-state index in [2.05, 4.69) is 5.16 Å². The van der Waals surface area contributed by atoms with E-state index < -0.39 is 0 Å². The normalized spacial score (nSPS) is 18.7. The molecule has 3 nitrogen and oxygen atoms in total. The Morgan fingerprint density at radius 3 is 2.83 bits per heavy atom. The second kappa shape index (κ2) is 3.17. The van der Waals surface area contributed by atoms with Crippen LogP contribution in [-0.2, 0) is 6.42 Å². The monoisotopic (exact) mass is 166 g/mol. The molecule has 66 valence electrons. The fourth-order valence-corrected chi connectivity index (χ4v) is 1.93. The molecule has 0 amide bonds. The van der Waals surface area contributed by atoms with E-state index in [4.69, 9.17) is 10.3 Å². The highest BCUT2D eigenvalue weighted by Gasteiger charge is 2.16. The molecule has 0 atom stereocenters. The molecule has 0 unspecified atom stereocenters. The number of anilines is 1. The van der Waals surface area contributed by atoms with Gasteiger partial charge < -0.3 is 10.3 Å². The van der Waals surface area contributed by atoms with Crippen LogP contribution in [0.25, 0.3) is 0 Å². The van der Waals surface area contributed by atoms with Gasteiger partial charge in [-0.25, -0.2) is 0 Å². The first-order valence-corrected chi connectivity index (χ1v) is 4.55. The van der Waals surface area contributed by atoms with E-state index in [1.165, 1.54) is 25.7 Å². The van der Waals surface area contributed by atoms with Crippen LogP contribution < -0.4 is 5.73 Å². The minimum Gasteiger partial charge on any atom is -0.368 e. The summed E-state index contributed by atoms with van der Waals surface area (Å²) in [6.07, 6.45) is 6.47. The maximum atomic E-state index is 5.42. The maximum Gasteiger partial charge on any atom is 0.222 e. The highest BCUT2D eigenvalue weighted by molar-refractivity contribution is 5.24. The van der Waals surface area contributed by atoms with Crippen molar-refractivity contribution in [2.75, 3.05) is 5.73 Å². The number of nitrogens with two attached hydrogens (primary N) is 1. The molecule has 1 aliphatic carbocycles. The predicted octanol–water partition coefficient (Wildman–Crippen LogP) is 1.99. The number of hydrogen-bond acceptors (Lipinski definition) is 3. The summed E-state index contributed by atoms with van der Waals surface area (Å²) in [5, 5.41) is 3.88. The van der Waals surface area contributed by atoms with Crippen molar-refractivity contribution in [1.82, 2.24) is 5.16 Å². The van der Waals surface area contributed by atoms with Crippen molar-refractivity contribution < 1.29 is 4.52 Å². The van der Waals surface area contributed by atoms with Crippen molar-refractivity contribution in [2.24, 2.45) is 5.92 Å². The van der Waals surface area contributed by atoms with Crippen LogP contribution in [0.15, 0.2) is 10.6 Å². The second-order valence-electron chi connectivity index (χ2n) is 3.58. The van der Waals surface area contributed by atoms with Crippen molar-refractivity contribution in [2.45, 2.75) is 32.1 Å². The molecule has 12 heavy (non-hydrogen) atoms. The van der Waals surface area contributed by atoms with Gasteiger partial charge in [-0.1, -0.05) is 30.8 Å². The quantitative estimate of drug-likeness (QED) is 0.731. The zero-order chi connectivity index (χ0) is 8.39. The Morgan fingerprint density at radius 1 is 1.50 bits per heavy atom. The third kappa shape index (κ3) is 1.60. The third-order valence-electron chi connectivity index (χ3n) is 2.55. The summed E-state index contributed by atoms with van der Waals surface area (Å²) >= 11 is 0. The maximum absolute atomic E-state index is 5.42. The molecule has 0 radical (unpaired) electrons. The standard InChI is InChI=1S/C9H14N2O/c10-9-6-8(11-12-9)5-7-3-1-2-4-7/h6-7H,1-5,10H2. The smallest absolute Gasteiger partial charge is 0.222 e. The zero-order valence-corrected chi connectivity index (χ0v) is 7.12. The molecule has 1 fully saturated rings. The summed E-state index contributed by atoms with van der Waals surface area (Å²) in [4.78, 5) is 0. The van der Waals surface area contributed by atoms with Crippen molar-refractivity contribution >= 4 is 5.88 Å². The Kier molecular flexibility index (Phi) is 2.02. The summed E-state index contributed by atoms with van der Waals surface area (Å²) in [7, 11) is 0. The Balaban J connectivity index is 1.94. The summed E-state index contributed by atoms with van der Waals surface area (Å²) in [5.41, 5.74) is 6.44. The van der Waals surface area contributed by atoms with Crippen LogP contribution in [0.3, 0.4) is 0 Å². The highest BCUT2D eigenvalue weighted by atomic mass is 16.5. The molecule has 1 aromatic rings. The summed E-state index contributed by atoms with van der Waals surface area (Å²) < 4.78 is 4.80. The average molecular weight is 166 g/mol. The van der Waals surface area contributed by atoms with E-state index in [0.717, 1.165) is 18.0 Å². The lowest BCUT2D eigenvalue weighted by molar-refractivity contribution is 0.417. The molecular formula is C9H14N2O. The van der Waals surface area contributed by atoms with E-state index in [-0.39, 0.29) is 0 Å². The summed E-state index contributed by atoms with van der Waals surface area (Å²) in [6, 6.07) is 1.83. The van der Waals surface area contributed by atoms with Gasteiger partial charge in [0, 0.05) is 6.07 Å². The molecule has 1 heterocycles. The molecule has 1 saturated carbocycles. The van der Waals surface area contributed by atoms with Gasteiger partial charge in [0.2, 0.25) is 5.88 Å². The Morgan fingerprint density at radius 2 is 2.25 bits per heavy atom. The SMILES string of the molecule is Nc1cc(CC2CCCC2)no1. The van der Waals surface area contributed by atoms with Crippen molar-refractivity contribution in [3.63, 3.8) is 0 Å². The Bertz CT molecular complexity index is 251. The lowest BCUT2D eigenvalue weighted by Crippen LogP contribution is -1.98. The topological polar surface area (TPSA) is 52.0 Å². The predicted molar refractivity (Wildman–Crippen MR) is 46.6 cm³/mol. The zero-order valence-electron chi connectivity index (χ0n) is 7.12. The fraction of sp³-hybridized carbons (Fsp3) is 0.667. The molecule has 0 saturated heterocycles. The number of rotatable bonds is 2. The summed E-state index contributed by atoms with van der Waals surface area (Å²) in [5.74, 6) is 1.25. The van der Waals surface area contributed by atoms with Gasteiger partial charge in [0.15, 0.2) is 0 Å². The summed E-state index contributed by atoms with van der Waals surface area (Å²) in [6.45, 7) is 0. The molecule has 1 aromatic heterocycles. The molecule has 0 bridgehead atoms. The minimum absolute atomic E-state index is 0.433. The lowest BCUT2D eigenvalue weighted by atomic mass is 10.0. The first-order chi connectivity index (χ1) is 5.84. The van der Waals surface area contributed by atoms with Gasteiger partial charge in [0.1, 0.15) is 0 Å². The van der Waals surface area contributed by atoms with Crippen LogP contribution in [0.4, 0.5) is 5.88 Å². The third-order valence-corrected chi connectivity index (χ3v) is 2.55. The van der Waals surface area contributed by atoms with Crippen LogP contribution in [-0.4, -0.2) is 5.16 Å². The first-order valence-electron chi connectivity index (χ1n) is 4.55. The first kappa shape index (κ1) is 7.65.